The first kappa shape index (κ1) is 21.4. The second kappa shape index (κ2) is 8.88. The zero-order valence-electron chi connectivity index (χ0n) is 16.3. The van der Waals surface area contributed by atoms with Gasteiger partial charge in [-0.3, -0.25) is 9.10 Å². The van der Waals surface area contributed by atoms with Crippen LogP contribution in [-0.2, 0) is 19.6 Å². The zero-order valence-corrected chi connectivity index (χ0v) is 17.1. The minimum Gasteiger partial charge on any atom is -0.462 e. The summed E-state index contributed by atoms with van der Waals surface area (Å²) in [5.74, 6) is -1.01. The SMILES string of the molecule is CCOC(=O)c1ccc(C)c(NC(=O)C(C)N(c2ccccc2)S(C)(=O)=O)c1. The molecule has 1 atom stereocenters. The Morgan fingerprint density at radius 1 is 1.14 bits per heavy atom. The molecule has 0 fully saturated rings. The van der Waals surface area contributed by atoms with E-state index >= 15 is 0 Å². The number of ether oxygens (including phenoxy) is 1. The predicted octanol–water partition coefficient (Wildman–Crippen LogP) is 2.96. The molecule has 0 aliphatic carbocycles. The highest BCUT2D eigenvalue weighted by atomic mass is 32.2. The molecule has 0 heterocycles. The van der Waals surface area contributed by atoms with E-state index in [4.69, 9.17) is 4.74 Å². The Kier molecular flexibility index (Phi) is 6.80. The van der Waals surface area contributed by atoms with Gasteiger partial charge in [0.05, 0.1) is 24.1 Å². The normalized spacial score (nSPS) is 12.1. The van der Waals surface area contributed by atoms with E-state index in [1.54, 1.807) is 56.3 Å². The van der Waals surface area contributed by atoms with Crippen LogP contribution in [0.4, 0.5) is 11.4 Å². The van der Waals surface area contributed by atoms with Gasteiger partial charge in [0.15, 0.2) is 0 Å². The number of rotatable bonds is 7. The molecule has 7 nitrogen and oxygen atoms in total. The average Bonchev–Trinajstić information content (AvgIpc) is 2.63. The van der Waals surface area contributed by atoms with Gasteiger partial charge in [0, 0.05) is 5.69 Å². The molecule has 0 aromatic heterocycles. The monoisotopic (exact) mass is 404 g/mol. The second-order valence-corrected chi connectivity index (χ2v) is 8.17. The van der Waals surface area contributed by atoms with Gasteiger partial charge in [-0.05, 0) is 50.6 Å². The Balaban J connectivity index is 2.30. The van der Waals surface area contributed by atoms with Gasteiger partial charge in [-0.15, -0.1) is 0 Å². The summed E-state index contributed by atoms with van der Waals surface area (Å²) in [4.78, 5) is 24.7. The first-order chi connectivity index (χ1) is 13.1. The van der Waals surface area contributed by atoms with Gasteiger partial charge in [0.2, 0.25) is 15.9 Å². The lowest BCUT2D eigenvalue weighted by molar-refractivity contribution is -0.116. The van der Waals surface area contributed by atoms with Gasteiger partial charge in [-0.25, -0.2) is 13.2 Å². The van der Waals surface area contributed by atoms with Crippen LogP contribution < -0.4 is 9.62 Å². The fraction of sp³-hybridized carbons (Fsp3) is 0.300. The Labute approximate surface area is 165 Å². The molecule has 2 aromatic carbocycles. The number of carbonyl (C=O) groups is 2. The van der Waals surface area contributed by atoms with Crippen LogP contribution in [0.3, 0.4) is 0 Å². The van der Waals surface area contributed by atoms with Gasteiger partial charge < -0.3 is 10.1 Å². The van der Waals surface area contributed by atoms with Crippen molar-refractivity contribution in [3.05, 3.63) is 59.7 Å². The zero-order chi connectivity index (χ0) is 20.9. The molecule has 1 amide bonds. The van der Waals surface area contributed by atoms with E-state index in [9.17, 15) is 18.0 Å². The molecule has 0 spiro atoms. The van der Waals surface area contributed by atoms with Crippen LogP contribution in [0, 0.1) is 6.92 Å². The maximum atomic E-state index is 12.8. The number of nitrogens with one attached hydrogen (secondary N) is 1. The first-order valence-electron chi connectivity index (χ1n) is 8.78. The van der Waals surface area contributed by atoms with Crippen molar-refractivity contribution in [3.8, 4) is 0 Å². The number of hydrogen-bond acceptors (Lipinski definition) is 5. The third-order valence-electron chi connectivity index (χ3n) is 4.11. The van der Waals surface area contributed by atoms with Crippen molar-refractivity contribution in [2.45, 2.75) is 26.8 Å². The Bertz CT molecular complexity index is 958. The van der Waals surface area contributed by atoms with Gasteiger partial charge in [0.25, 0.3) is 0 Å². The second-order valence-electron chi connectivity index (χ2n) is 6.31. The number of anilines is 2. The fourth-order valence-electron chi connectivity index (χ4n) is 2.72. The molecule has 28 heavy (non-hydrogen) atoms. The van der Waals surface area contributed by atoms with E-state index in [1.165, 1.54) is 13.0 Å². The lowest BCUT2D eigenvalue weighted by Gasteiger charge is -2.28. The molecule has 0 saturated heterocycles. The number of para-hydroxylation sites is 1. The standard InChI is InChI=1S/C20H24N2O5S/c1-5-27-20(24)16-12-11-14(2)18(13-16)21-19(23)15(3)22(28(4,25)26)17-9-7-6-8-10-17/h6-13,15H,5H2,1-4H3,(H,21,23). The maximum absolute atomic E-state index is 12.8. The first-order valence-corrected chi connectivity index (χ1v) is 10.6. The number of nitrogens with zero attached hydrogens (tertiary/aromatic N) is 1. The van der Waals surface area contributed by atoms with Crippen LogP contribution in [-0.4, -0.2) is 39.2 Å². The highest BCUT2D eigenvalue weighted by Crippen LogP contribution is 2.23. The minimum atomic E-state index is -3.70. The molecule has 1 unspecified atom stereocenters. The number of carbonyl (C=O) groups excluding carboxylic acids is 2. The van der Waals surface area contributed by atoms with Crippen LogP contribution >= 0.6 is 0 Å². The van der Waals surface area contributed by atoms with E-state index in [-0.39, 0.29) is 6.61 Å². The molecule has 0 aliphatic rings. The smallest absolute Gasteiger partial charge is 0.338 e. The van der Waals surface area contributed by atoms with Gasteiger partial charge in [0.1, 0.15) is 6.04 Å². The summed E-state index contributed by atoms with van der Waals surface area (Å²) in [7, 11) is -3.70. The van der Waals surface area contributed by atoms with Crippen LogP contribution in [0.15, 0.2) is 48.5 Å². The summed E-state index contributed by atoms with van der Waals surface area (Å²) in [6, 6.07) is 12.2. The van der Waals surface area contributed by atoms with Crippen molar-refractivity contribution in [3.63, 3.8) is 0 Å². The fourth-order valence-corrected chi connectivity index (χ4v) is 3.89. The minimum absolute atomic E-state index is 0.242. The lowest BCUT2D eigenvalue weighted by Crippen LogP contribution is -2.45. The van der Waals surface area contributed by atoms with Crippen molar-refractivity contribution in [1.82, 2.24) is 0 Å². The summed E-state index contributed by atoms with van der Waals surface area (Å²) >= 11 is 0. The molecule has 2 rings (SSSR count). The van der Waals surface area contributed by atoms with E-state index < -0.39 is 27.9 Å². The van der Waals surface area contributed by atoms with Crippen LogP contribution in [0.1, 0.15) is 29.8 Å². The molecule has 0 radical (unpaired) electrons. The lowest BCUT2D eigenvalue weighted by atomic mass is 10.1. The van der Waals surface area contributed by atoms with E-state index in [0.29, 0.717) is 16.9 Å². The highest BCUT2D eigenvalue weighted by Gasteiger charge is 2.29. The Hall–Kier alpha value is -2.87. The van der Waals surface area contributed by atoms with Crippen molar-refractivity contribution in [2.24, 2.45) is 0 Å². The van der Waals surface area contributed by atoms with Crippen molar-refractivity contribution >= 4 is 33.3 Å². The van der Waals surface area contributed by atoms with E-state index in [0.717, 1.165) is 16.1 Å². The molecule has 150 valence electrons. The van der Waals surface area contributed by atoms with E-state index in [1.807, 2.05) is 0 Å². The molecular weight excluding hydrogens is 380 g/mol. The van der Waals surface area contributed by atoms with Crippen molar-refractivity contribution in [1.29, 1.82) is 0 Å². The largest absolute Gasteiger partial charge is 0.462 e. The number of sulfonamides is 1. The van der Waals surface area contributed by atoms with E-state index in [2.05, 4.69) is 5.32 Å². The van der Waals surface area contributed by atoms with Crippen LogP contribution in [0.25, 0.3) is 0 Å². The summed E-state index contributed by atoms with van der Waals surface area (Å²) in [6.45, 7) is 5.24. The van der Waals surface area contributed by atoms with Crippen molar-refractivity contribution < 1.29 is 22.7 Å². The number of hydrogen-bond donors (Lipinski definition) is 1. The number of aryl methyl sites for hydroxylation is 1. The average molecular weight is 404 g/mol. The van der Waals surface area contributed by atoms with Crippen LogP contribution in [0.5, 0.6) is 0 Å². The number of amides is 1. The Morgan fingerprint density at radius 2 is 1.79 bits per heavy atom. The molecule has 2 aromatic rings. The summed E-state index contributed by atoms with van der Waals surface area (Å²) < 4.78 is 30.6. The Morgan fingerprint density at radius 3 is 2.36 bits per heavy atom. The molecule has 0 aliphatic heterocycles. The third kappa shape index (κ3) is 5.10. The predicted molar refractivity (Wildman–Crippen MR) is 109 cm³/mol. The number of benzene rings is 2. The maximum Gasteiger partial charge on any atom is 0.338 e. The molecule has 0 saturated carbocycles. The summed E-state index contributed by atoms with van der Waals surface area (Å²) in [5, 5.41) is 2.72. The summed E-state index contributed by atoms with van der Waals surface area (Å²) in [5.41, 5.74) is 1.85. The topological polar surface area (TPSA) is 92.8 Å². The molecule has 1 N–H and O–H groups in total. The third-order valence-corrected chi connectivity index (χ3v) is 5.35. The molecule has 8 heteroatoms. The molecule has 0 bridgehead atoms. The highest BCUT2D eigenvalue weighted by molar-refractivity contribution is 7.92. The quantitative estimate of drug-likeness (QED) is 0.716. The number of esters is 1. The molecular formula is C20H24N2O5S. The van der Waals surface area contributed by atoms with Gasteiger partial charge >= 0.3 is 5.97 Å². The van der Waals surface area contributed by atoms with Gasteiger partial charge in [-0.1, -0.05) is 24.3 Å². The van der Waals surface area contributed by atoms with Crippen LogP contribution in [0.2, 0.25) is 0 Å². The summed E-state index contributed by atoms with van der Waals surface area (Å²) in [6.07, 6.45) is 1.05. The van der Waals surface area contributed by atoms with Gasteiger partial charge in [-0.2, -0.15) is 0 Å². The van der Waals surface area contributed by atoms with Crippen molar-refractivity contribution in [2.75, 3.05) is 22.5 Å².